The molecule has 1 N–H and O–H groups in total. The highest BCUT2D eigenvalue weighted by molar-refractivity contribution is 6.30. The van der Waals surface area contributed by atoms with Crippen LogP contribution in [0, 0.1) is 5.92 Å². The Labute approximate surface area is 158 Å². The van der Waals surface area contributed by atoms with Crippen LogP contribution in [-0.4, -0.2) is 18.1 Å². The van der Waals surface area contributed by atoms with E-state index in [1.165, 1.54) is 5.56 Å². The van der Waals surface area contributed by atoms with Crippen molar-refractivity contribution in [2.45, 2.75) is 18.9 Å². The summed E-state index contributed by atoms with van der Waals surface area (Å²) in [6.07, 6.45) is 4.85. The first kappa shape index (κ1) is 17.1. The summed E-state index contributed by atoms with van der Waals surface area (Å²) >= 11 is 6.25. The molecule has 1 aromatic heterocycles. The molecule has 1 unspecified atom stereocenters. The molecule has 1 aliphatic rings. The lowest BCUT2D eigenvalue weighted by molar-refractivity contribution is 0.113. The first-order chi connectivity index (χ1) is 12.8. The summed E-state index contributed by atoms with van der Waals surface area (Å²) in [5.74, 6) is 1.78. The fraction of sp³-hybridized carbons (Fsp3) is 0.286. The smallest absolute Gasteiger partial charge is 0.235 e. The molecule has 2 atom stereocenters. The zero-order chi connectivity index (χ0) is 17.8. The Morgan fingerprint density at radius 1 is 1.23 bits per heavy atom. The van der Waals surface area contributed by atoms with Gasteiger partial charge >= 0.3 is 0 Å². The SMILES string of the molecule is Clc1ccc(OC(c2ncco2)[C@H]2CCNC2)c(Cc2ccccc2)c1. The molecular weight excluding hydrogens is 348 g/mol. The van der Waals surface area contributed by atoms with Crippen LogP contribution in [0.4, 0.5) is 0 Å². The van der Waals surface area contributed by atoms with Gasteiger partial charge in [-0.15, -0.1) is 0 Å². The Balaban J connectivity index is 1.63. The van der Waals surface area contributed by atoms with Crippen molar-refractivity contribution < 1.29 is 9.15 Å². The van der Waals surface area contributed by atoms with Crippen molar-refractivity contribution in [1.29, 1.82) is 0 Å². The van der Waals surface area contributed by atoms with Gasteiger partial charge in [-0.3, -0.25) is 0 Å². The predicted molar refractivity (Wildman–Crippen MR) is 102 cm³/mol. The Morgan fingerprint density at radius 3 is 2.85 bits per heavy atom. The van der Waals surface area contributed by atoms with E-state index in [0.717, 1.165) is 37.2 Å². The number of hydrogen-bond acceptors (Lipinski definition) is 4. The molecule has 4 nitrogen and oxygen atoms in total. The van der Waals surface area contributed by atoms with Gasteiger partial charge in [0, 0.05) is 29.5 Å². The van der Waals surface area contributed by atoms with Crippen molar-refractivity contribution in [2.24, 2.45) is 5.92 Å². The van der Waals surface area contributed by atoms with Gasteiger partial charge in [0.05, 0.1) is 6.20 Å². The molecule has 0 aliphatic carbocycles. The molecule has 1 saturated heterocycles. The van der Waals surface area contributed by atoms with Crippen LogP contribution in [0.2, 0.25) is 5.02 Å². The van der Waals surface area contributed by atoms with Gasteiger partial charge < -0.3 is 14.5 Å². The Morgan fingerprint density at radius 2 is 2.12 bits per heavy atom. The highest BCUT2D eigenvalue weighted by Crippen LogP contribution is 2.34. The second-order valence-electron chi connectivity index (χ2n) is 6.58. The maximum atomic E-state index is 6.45. The summed E-state index contributed by atoms with van der Waals surface area (Å²) in [7, 11) is 0. The van der Waals surface area contributed by atoms with E-state index in [1.54, 1.807) is 12.5 Å². The van der Waals surface area contributed by atoms with Crippen molar-refractivity contribution in [3.63, 3.8) is 0 Å². The molecule has 3 aromatic rings. The topological polar surface area (TPSA) is 47.3 Å². The van der Waals surface area contributed by atoms with Gasteiger partial charge in [0.2, 0.25) is 5.89 Å². The quantitative estimate of drug-likeness (QED) is 0.688. The third-order valence-corrected chi connectivity index (χ3v) is 4.97. The summed E-state index contributed by atoms with van der Waals surface area (Å²) in [4.78, 5) is 4.34. The Kier molecular flexibility index (Phi) is 5.23. The van der Waals surface area contributed by atoms with E-state index in [4.69, 9.17) is 20.8 Å². The van der Waals surface area contributed by atoms with Crippen LogP contribution in [0.15, 0.2) is 65.4 Å². The minimum atomic E-state index is -0.212. The molecule has 5 heteroatoms. The number of benzene rings is 2. The van der Waals surface area contributed by atoms with Gasteiger partial charge in [-0.1, -0.05) is 41.9 Å². The summed E-state index contributed by atoms with van der Waals surface area (Å²) < 4.78 is 12.0. The van der Waals surface area contributed by atoms with Gasteiger partial charge in [-0.25, -0.2) is 4.98 Å². The van der Waals surface area contributed by atoms with Gasteiger partial charge in [0.15, 0.2) is 6.10 Å². The van der Waals surface area contributed by atoms with Crippen LogP contribution in [0.25, 0.3) is 0 Å². The van der Waals surface area contributed by atoms with E-state index < -0.39 is 0 Å². The minimum absolute atomic E-state index is 0.212. The van der Waals surface area contributed by atoms with Crippen molar-refractivity contribution in [3.8, 4) is 5.75 Å². The zero-order valence-corrected chi connectivity index (χ0v) is 15.2. The number of hydrogen-bond donors (Lipinski definition) is 1. The molecule has 2 heterocycles. The molecule has 0 bridgehead atoms. The monoisotopic (exact) mass is 368 g/mol. The van der Waals surface area contributed by atoms with Crippen LogP contribution < -0.4 is 10.1 Å². The van der Waals surface area contributed by atoms with Crippen molar-refractivity contribution in [3.05, 3.63) is 83.0 Å². The molecule has 0 saturated carbocycles. The first-order valence-electron chi connectivity index (χ1n) is 8.89. The van der Waals surface area contributed by atoms with E-state index in [-0.39, 0.29) is 6.10 Å². The van der Waals surface area contributed by atoms with Crippen LogP contribution in [0.3, 0.4) is 0 Å². The zero-order valence-electron chi connectivity index (χ0n) is 14.4. The molecule has 0 radical (unpaired) electrons. The number of nitrogens with one attached hydrogen (secondary N) is 1. The standard InChI is InChI=1S/C21H21ClN2O2/c22-18-6-7-19(17(13-18)12-15-4-2-1-3-5-15)26-20(16-8-9-23-14-16)21-24-10-11-25-21/h1-7,10-11,13,16,20,23H,8-9,12,14H2/t16-,20?/m0/s1. The molecule has 0 spiro atoms. The highest BCUT2D eigenvalue weighted by Gasteiger charge is 2.31. The lowest BCUT2D eigenvalue weighted by atomic mass is 10.0. The number of oxazole rings is 1. The van der Waals surface area contributed by atoms with Crippen LogP contribution in [0.1, 0.15) is 29.5 Å². The molecule has 134 valence electrons. The van der Waals surface area contributed by atoms with Crippen LogP contribution >= 0.6 is 11.6 Å². The van der Waals surface area contributed by atoms with Crippen LogP contribution in [-0.2, 0) is 6.42 Å². The van der Waals surface area contributed by atoms with Gasteiger partial charge in [0.1, 0.15) is 12.0 Å². The summed E-state index contributed by atoms with van der Waals surface area (Å²) in [5, 5.41) is 4.10. The normalized spacial score (nSPS) is 18.0. The number of rotatable bonds is 6. The van der Waals surface area contributed by atoms with Gasteiger partial charge in [-0.2, -0.15) is 0 Å². The molecule has 26 heavy (non-hydrogen) atoms. The number of aromatic nitrogens is 1. The summed E-state index contributed by atoms with van der Waals surface area (Å²) in [5.41, 5.74) is 2.28. The highest BCUT2D eigenvalue weighted by atomic mass is 35.5. The number of nitrogens with zero attached hydrogens (tertiary/aromatic N) is 1. The lowest BCUT2D eigenvalue weighted by Crippen LogP contribution is -2.22. The van der Waals surface area contributed by atoms with E-state index >= 15 is 0 Å². The van der Waals surface area contributed by atoms with Gasteiger partial charge in [-0.05, 0) is 36.7 Å². The minimum Gasteiger partial charge on any atom is -0.480 e. The van der Waals surface area contributed by atoms with E-state index in [1.807, 2.05) is 36.4 Å². The second kappa shape index (κ2) is 7.94. The largest absolute Gasteiger partial charge is 0.480 e. The maximum Gasteiger partial charge on any atom is 0.235 e. The van der Waals surface area contributed by atoms with Crippen LogP contribution in [0.5, 0.6) is 5.75 Å². The number of halogens is 1. The lowest BCUT2D eigenvalue weighted by Gasteiger charge is -2.23. The molecule has 4 rings (SSSR count). The molecular formula is C21H21ClN2O2. The molecule has 0 amide bonds. The molecule has 1 fully saturated rings. The predicted octanol–water partition coefficient (Wildman–Crippen LogP) is 4.65. The van der Waals surface area contributed by atoms with E-state index in [2.05, 4.69) is 22.4 Å². The third kappa shape index (κ3) is 3.92. The maximum absolute atomic E-state index is 6.45. The van der Waals surface area contributed by atoms with Crippen molar-refractivity contribution in [1.82, 2.24) is 10.3 Å². The molecule has 2 aromatic carbocycles. The van der Waals surface area contributed by atoms with E-state index in [9.17, 15) is 0 Å². The average molecular weight is 369 g/mol. The summed E-state index contributed by atoms with van der Waals surface area (Å²) in [6.45, 7) is 1.89. The third-order valence-electron chi connectivity index (χ3n) is 4.74. The fourth-order valence-electron chi connectivity index (χ4n) is 3.41. The number of ether oxygens (including phenoxy) is 1. The fourth-order valence-corrected chi connectivity index (χ4v) is 3.61. The Hall–Kier alpha value is -2.30. The van der Waals surface area contributed by atoms with Crippen molar-refractivity contribution >= 4 is 11.6 Å². The second-order valence-corrected chi connectivity index (χ2v) is 7.01. The van der Waals surface area contributed by atoms with E-state index in [0.29, 0.717) is 16.8 Å². The van der Waals surface area contributed by atoms with Crippen molar-refractivity contribution in [2.75, 3.05) is 13.1 Å². The average Bonchev–Trinajstić information content (AvgIpc) is 3.36. The van der Waals surface area contributed by atoms with Gasteiger partial charge in [0.25, 0.3) is 0 Å². The summed E-state index contributed by atoms with van der Waals surface area (Å²) in [6, 6.07) is 16.1. The first-order valence-corrected chi connectivity index (χ1v) is 9.26. The molecule has 1 aliphatic heterocycles. The Bertz CT molecular complexity index is 830.